The summed E-state index contributed by atoms with van der Waals surface area (Å²) in [6.45, 7) is 5.16. The predicted molar refractivity (Wildman–Crippen MR) is 102 cm³/mol. The Morgan fingerprint density at radius 1 is 1.19 bits per heavy atom. The summed E-state index contributed by atoms with van der Waals surface area (Å²) in [7, 11) is 0. The zero-order valence-electron chi connectivity index (χ0n) is 15.5. The van der Waals surface area contributed by atoms with Gasteiger partial charge in [0.05, 0.1) is 0 Å². The summed E-state index contributed by atoms with van der Waals surface area (Å²) in [5.74, 6) is 0.712. The van der Waals surface area contributed by atoms with Crippen LogP contribution in [0.1, 0.15) is 55.6 Å². The zero-order valence-corrected chi connectivity index (χ0v) is 15.5. The quantitative estimate of drug-likeness (QED) is 0.648. The SMILES string of the molecule is CCCCC(CC)Cn1ccc(=O)c(OCc2ccc(O)cc2)c1C=O. The first-order chi connectivity index (χ1) is 12.6. The van der Waals surface area contributed by atoms with Crippen molar-refractivity contribution < 1.29 is 14.6 Å². The number of rotatable bonds is 10. The molecule has 0 aliphatic heterocycles. The van der Waals surface area contributed by atoms with Gasteiger partial charge in [-0.15, -0.1) is 0 Å². The largest absolute Gasteiger partial charge is 0.508 e. The van der Waals surface area contributed by atoms with Gasteiger partial charge in [0.15, 0.2) is 12.0 Å². The molecule has 0 fully saturated rings. The Morgan fingerprint density at radius 3 is 2.54 bits per heavy atom. The molecule has 1 aromatic carbocycles. The number of aldehydes is 1. The Hall–Kier alpha value is -2.56. The van der Waals surface area contributed by atoms with Crippen LogP contribution in [0.15, 0.2) is 41.3 Å². The van der Waals surface area contributed by atoms with E-state index in [1.807, 2.05) is 4.57 Å². The minimum atomic E-state index is -0.302. The molecule has 26 heavy (non-hydrogen) atoms. The fraction of sp³-hybridized carbons (Fsp3) is 0.429. The third-order valence-corrected chi connectivity index (χ3v) is 4.60. The van der Waals surface area contributed by atoms with Crippen molar-refractivity contribution in [3.63, 3.8) is 0 Å². The first kappa shape index (κ1) is 19.8. The molecule has 1 unspecified atom stereocenters. The highest BCUT2D eigenvalue weighted by atomic mass is 16.5. The van der Waals surface area contributed by atoms with Gasteiger partial charge in [0.2, 0.25) is 5.43 Å². The molecule has 1 N–H and O–H groups in total. The van der Waals surface area contributed by atoms with Gasteiger partial charge >= 0.3 is 0 Å². The van der Waals surface area contributed by atoms with Crippen molar-refractivity contribution in [2.45, 2.75) is 52.7 Å². The molecule has 140 valence electrons. The van der Waals surface area contributed by atoms with Gasteiger partial charge in [-0.3, -0.25) is 9.59 Å². The predicted octanol–water partition coefficient (Wildman–Crippen LogP) is 4.16. The van der Waals surface area contributed by atoms with Gasteiger partial charge in [-0.2, -0.15) is 0 Å². The Kier molecular flexibility index (Phi) is 7.45. The van der Waals surface area contributed by atoms with Gasteiger partial charge in [0.1, 0.15) is 18.1 Å². The van der Waals surface area contributed by atoms with Crippen molar-refractivity contribution in [3.8, 4) is 11.5 Å². The molecule has 0 aliphatic carbocycles. The number of ether oxygens (including phenoxy) is 1. The number of hydrogen-bond donors (Lipinski definition) is 1. The second-order valence-corrected chi connectivity index (χ2v) is 6.54. The maximum absolute atomic E-state index is 12.2. The second kappa shape index (κ2) is 9.80. The average molecular weight is 357 g/mol. The molecule has 1 aromatic heterocycles. The van der Waals surface area contributed by atoms with E-state index in [1.165, 1.54) is 6.07 Å². The molecule has 5 heteroatoms. The molecule has 0 spiro atoms. The van der Waals surface area contributed by atoms with Crippen LogP contribution >= 0.6 is 0 Å². The van der Waals surface area contributed by atoms with Gasteiger partial charge in [-0.25, -0.2) is 0 Å². The van der Waals surface area contributed by atoms with Gasteiger partial charge in [0.25, 0.3) is 0 Å². The van der Waals surface area contributed by atoms with Crippen LogP contribution in [0.4, 0.5) is 0 Å². The Balaban J connectivity index is 2.21. The minimum absolute atomic E-state index is 0.0842. The average Bonchev–Trinajstić information content (AvgIpc) is 2.66. The molecular formula is C21H27NO4. The standard InChI is InChI=1S/C21H27NO4/c1-3-5-6-16(4-2)13-22-12-11-20(25)21(19(22)14-23)26-15-17-7-9-18(24)10-8-17/h7-12,14,16,24H,3-6,13,15H2,1-2H3. The highest BCUT2D eigenvalue weighted by molar-refractivity contribution is 5.76. The van der Waals surface area contributed by atoms with Crippen LogP contribution in [0, 0.1) is 5.92 Å². The molecule has 0 bridgehead atoms. The molecular weight excluding hydrogens is 330 g/mol. The van der Waals surface area contributed by atoms with Crippen LogP contribution in [0.3, 0.4) is 0 Å². The van der Waals surface area contributed by atoms with Crippen LogP contribution in [-0.4, -0.2) is 16.0 Å². The van der Waals surface area contributed by atoms with Gasteiger partial charge in [-0.05, 0) is 30.0 Å². The Bertz CT molecular complexity index is 765. The van der Waals surface area contributed by atoms with Crippen LogP contribution in [-0.2, 0) is 13.2 Å². The maximum atomic E-state index is 12.2. The fourth-order valence-corrected chi connectivity index (χ4v) is 2.94. The summed E-state index contributed by atoms with van der Waals surface area (Å²) >= 11 is 0. The molecule has 0 radical (unpaired) electrons. The van der Waals surface area contributed by atoms with E-state index in [0.717, 1.165) is 31.2 Å². The fourth-order valence-electron chi connectivity index (χ4n) is 2.94. The number of phenolic OH excluding ortho intramolecular Hbond substituents is 1. The number of carbonyl (C=O) groups is 1. The third kappa shape index (κ3) is 5.22. The van der Waals surface area contributed by atoms with Gasteiger partial charge in [0, 0.05) is 18.8 Å². The monoisotopic (exact) mass is 357 g/mol. The molecule has 5 nitrogen and oxygen atoms in total. The van der Waals surface area contributed by atoms with Crippen LogP contribution in [0.25, 0.3) is 0 Å². The Morgan fingerprint density at radius 2 is 1.92 bits per heavy atom. The zero-order chi connectivity index (χ0) is 18.9. The first-order valence-electron chi connectivity index (χ1n) is 9.18. The summed E-state index contributed by atoms with van der Waals surface area (Å²) < 4.78 is 7.50. The summed E-state index contributed by atoms with van der Waals surface area (Å²) in [5.41, 5.74) is 0.791. The normalized spacial score (nSPS) is 11.9. The van der Waals surface area contributed by atoms with Crippen molar-refractivity contribution in [2.24, 2.45) is 5.92 Å². The van der Waals surface area contributed by atoms with E-state index in [-0.39, 0.29) is 29.2 Å². The second-order valence-electron chi connectivity index (χ2n) is 6.54. The lowest BCUT2D eigenvalue weighted by atomic mass is 9.99. The smallest absolute Gasteiger partial charge is 0.224 e. The van der Waals surface area contributed by atoms with Crippen molar-refractivity contribution in [1.82, 2.24) is 4.57 Å². The molecule has 0 saturated heterocycles. The van der Waals surface area contributed by atoms with Crippen LogP contribution < -0.4 is 10.2 Å². The highest BCUT2D eigenvalue weighted by Gasteiger charge is 2.15. The lowest BCUT2D eigenvalue weighted by Gasteiger charge is -2.19. The van der Waals surface area contributed by atoms with Gasteiger partial charge in [-0.1, -0.05) is 45.2 Å². The van der Waals surface area contributed by atoms with Crippen molar-refractivity contribution in [1.29, 1.82) is 0 Å². The minimum Gasteiger partial charge on any atom is -0.508 e. The van der Waals surface area contributed by atoms with E-state index >= 15 is 0 Å². The number of aromatic nitrogens is 1. The number of unbranched alkanes of at least 4 members (excludes halogenated alkanes) is 1. The molecule has 0 saturated carbocycles. The van der Waals surface area contributed by atoms with Crippen molar-refractivity contribution in [2.75, 3.05) is 0 Å². The van der Waals surface area contributed by atoms with E-state index in [2.05, 4.69) is 13.8 Å². The summed E-state index contributed by atoms with van der Waals surface area (Å²) in [5, 5.41) is 9.33. The van der Waals surface area contributed by atoms with E-state index in [0.29, 0.717) is 18.7 Å². The highest BCUT2D eigenvalue weighted by Crippen LogP contribution is 2.19. The summed E-state index contributed by atoms with van der Waals surface area (Å²) in [6, 6.07) is 8.00. The number of hydrogen-bond acceptors (Lipinski definition) is 4. The third-order valence-electron chi connectivity index (χ3n) is 4.60. The maximum Gasteiger partial charge on any atom is 0.224 e. The van der Waals surface area contributed by atoms with Crippen LogP contribution in [0.5, 0.6) is 11.5 Å². The number of nitrogens with zero attached hydrogens (tertiary/aromatic N) is 1. The molecule has 1 heterocycles. The molecule has 1 atom stereocenters. The number of pyridine rings is 1. The van der Waals surface area contributed by atoms with E-state index in [9.17, 15) is 14.7 Å². The van der Waals surface area contributed by atoms with E-state index in [1.54, 1.807) is 30.5 Å². The summed E-state index contributed by atoms with van der Waals surface area (Å²) in [6.07, 6.45) is 6.78. The molecule has 2 aromatic rings. The van der Waals surface area contributed by atoms with Crippen LogP contribution in [0.2, 0.25) is 0 Å². The number of benzene rings is 1. The Labute approximate surface area is 154 Å². The van der Waals surface area contributed by atoms with Gasteiger partial charge < -0.3 is 14.4 Å². The first-order valence-corrected chi connectivity index (χ1v) is 9.18. The molecule has 0 amide bonds. The van der Waals surface area contributed by atoms with E-state index < -0.39 is 0 Å². The number of phenols is 1. The number of aromatic hydroxyl groups is 1. The topological polar surface area (TPSA) is 68.5 Å². The van der Waals surface area contributed by atoms with Crippen molar-refractivity contribution >= 4 is 6.29 Å². The summed E-state index contributed by atoms with van der Waals surface area (Å²) in [4.78, 5) is 23.9. The lowest BCUT2D eigenvalue weighted by molar-refractivity contribution is 0.110. The van der Waals surface area contributed by atoms with Crippen molar-refractivity contribution in [3.05, 3.63) is 58.0 Å². The lowest BCUT2D eigenvalue weighted by Crippen LogP contribution is -2.19. The molecule has 0 aliphatic rings. The van der Waals surface area contributed by atoms with E-state index in [4.69, 9.17) is 4.74 Å². The molecule has 2 rings (SSSR count). The number of carbonyl (C=O) groups excluding carboxylic acids is 1.